The van der Waals surface area contributed by atoms with Crippen LogP contribution in [-0.4, -0.2) is 0 Å². The minimum Gasteiger partial charge on any atom is -0.192 e. The second kappa shape index (κ2) is 7.08. The van der Waals surface area contributed by atoms with E-state index in [9.17, 15) is 0 Å². The van der Waals surface area contributed by atoms with Gasteiger partial charge >= 0.3 is 0 Å². The highest BCUT2D eigenvalue weighted by Gasteiger charge is 2.15. The summed E-state index contributed by atoms with van der Waals surface area (Å²) >= 11 is 6.59. The second-order valence-electron chi connectivity index (χ2n) is 6.30. The molecular formula is C22H6N4S4. The smallest absolute Gasteiger partial charge is 0.131 e. The standard InChI is InChI=1S/C22H6N4S4/c23-7-11(8-24)1-13-3-19-21(27-13)15-5-18-16(6-17(15)29-19)22-20(30-18)4-14(28-22)2-12(9-25)10-26/h1-6H. The van der Waals surface area contributed by atoms with Gasteiger partial charge in [-0.25, -0.2) is 0 Å². The number of hydrogen-bond acceptors (Lipinski definition) is 8. The maximum absolute atomic E-state index is 8.98. The molecule has 0 saturated carbocycles. The molecule has 0 atom stereocenters. The van der Waals surface area contributed by atoms with Gasteiger partial charge in [0.25, 0.3) is 0 Å². The molecule has 0 aliphatic heterocycles. The Kier molecular flexibility index (Phi) is 4.37. The third-order valence-electron chi connectivity index (χ3n) is 4.50. The van der Waals surface area contributed by atoms with Gasteiger partial charge in [-0.05, 0) is 36.4 Å². The highest BCUT2D eigenvalue weighted by molar-refractivity contribution is 7.34. The summed E-state index contributed by atoms with van der Waals surface area (Å²) < 4.78 is 7.03. The summed E-state index contributed by atoms with van der Waals surface area (Å²) in [5.41, 5.74) is 0.213. The van der Waals surface area contributed by atoms with E-state index >= 15 is 0 Å². The summed E-state index contributed by atoms with van der Waals surface area (Å²) in [6.07, 6.45) is 3.27. The van der Waals surface area contributed by atoms with Gasteiger partial charge < -0.3 is 0 Å². The first-order valence-corrected chi connectivity index (χ1v) is 11.8. The van der Waals surface area contributed by atoms with Crippen LogP contribution in [0.25, 0.3) is 51.1 Å². The van der Waals surface area contributed by atoms with Gasteiger partial charge in [-0.2, -0.15) is 21.0 Å². The van der Waals surface area contributed by atoms with Crippen molar-refractivity contribution in [2.45, 2.75) is 0 Å². The van der Waals surface area contributed by atoms with Crippen LogP contribution in [0.15, 0.2) is 35.4 Å². The van der Waals surface area contributed by atoms with Crippen molar-refractivity contribution in [3.63, 3.8) is 0 Å². The van der Waals surface area contributed by atoms with Crippen molar-refractivity contribution in [2.24, 2.45) is 0 Å². The van der Waals surface area contributed by atoms with Gasteiger partial charge in [0, 0.05) is 39.3 Å². The summed E-state index contributed by atoms with van der Waals surface area (Å²) in [5.74, 6) is 0. The Bertz CT molecular complexity index is 1580. The highest BCUT2D eigenvalue weighted by Crippen LogP contribution is 2.46. The molecular weight excluding hydrogens is 449 g/mol. The molecule has 0 unspecified atom stereocenters. The van der Waals surface area contributed by atoms with Crippen LogP contribution >= 0.6 is 45.3 Å². The van der Waals surface area contributed by atoms with E-state index in [2.05, 4.69) is 12.1 Å². The van der Waals surface area contributed by atoms with Crippen molar-refractivity contribution in [1.29, 1.82) is 21.0 Å². The number of fused-ring (bicyclic) bond motifs is 6. The molecule has 0 saturated heterocycles. The first kappa shape index (κ1) is 18.5. The van der Waals surface area contributed by atoms with Crippen LogP contribution in [0.5, 0.6) is 0 Å². The van der Waals surface area contributed by atoms with E-state index in [1.54, 1.807) is 57.5 Å². The predicted octanol–water partition coefficient (Wildman–Crippen LogP) is 7.41. The van der Waals surface area contributed by atoms with Crippen LogP contribution < -0.4 is 0 Å². The van der Waals surface area contributed by atoms with Crippen LogP contribution in [0.4, 0.5) is 0 Å². The molecule has 138 valence electrons. The fraction of sp³-hybridized carbons (Fsp3) is 0. The second-order valence-corrected chi connectivity index (χ2v) is 10.6. The number of thiophene rings is 4. The quantitative estimate of drug-likeness (QED) is 0.259. The Morgan fingerprint density at radius 1 is 0.567 bits per heavy atom. The summed E-state index contributed by atoms with van der Waals surface area (Å²) in [4.78, 5) is 1.82. The number of rotatable bonds is 2. The lowest BCUT2D eigenvalue weighted by atomic mass is 10.2. The molecule has 0 fully saturated rings. The van der Waals surface area contributed by atoms with Crippen LogP contribution in [0.1, 0.15) is 9.75 Å². The molecule has 8 heteroatoms. The van der Waals surface area contributed by atoms with Crippen LogP contribution in [0.2, 0.25) is 0 Å². The molecule has 4 nitrogen and oxygen atoms in total. The molecule has 0 aliphatic rings. The summed E-state index contributed by atoms with van der Waals surface area (Å²) in [6, 6.07) is 16.1. The Hall–Kier alpha value is -3.50. The Morgan fingerprint density at radius 3 is 1.33 bits per heavy atom. The number of nitrogens with zero attached hydrogens (tertiary/aromatic N) is 4. The molecule has 1 aromatic carbocycles. The average Bonchev–Trinajstić information content (AvgIpc) is 3.47. The minimum absolute atomic E-state index is 0.106. The number of nitriles is 4. The Balaban J connectivity index is 1.68. The lowest BCUT2D eigenvalue weighted by Crippen LogP contribution is -1.69. The van der Waals surface area contributed by atoms with Crippen molar-refractivity contribution in [3.05, 3.63) is 45.2 Å². The van der Waals surface area contributed by atoms with Crippen molar-refractivity contribution in [1.82, 2.24) is 0 Å². The molecule has 5 rings (SSSR count). The zero-order chi connectivity index (χ0) is 20.8. The molecule has 0 bridgehead atoms. The van der Waals surface area contributed by atoms with Gasteiger partial charge in [0.15, 0.2) is 0 Å². The predicted molar refractivity (Wildman–Crippen MR) is 126 cm³/mol. The Morgan fingerprint density at radius 2 is 0.967 bits per heavy atom. The van der Waals surface area contributed by atoms with Gasteiger partial charge in [-0.3, -0.25) is 0 Å². The molecule has 0 radical (unpaired) electrons. The molecule has 4 heterocycles. The largest absolute Gasteiger partial charge is 0.192 e. The fourth-order valence-electron chi connectivity index (χ4n) is 3.24. The first-order chi connectivity index (χ1) is 14.6. The number of hydrogen-bond donors (Lipinski definition) is 0. The molecule has 30 heavy (non-hydrogen) atoms. The van der Waals surface area contributed by atoms with Gasteiger partial charge in [0.05, 0.1) is 9.40 Å². The topological polar surface area (TPSA) is 95.2 Å². The zero-order valence-electron chi connectivity index (χ0n) is 14.9. The van der Waals surface area contributed by atoms with Gasteiger partial charge in [0.2, 0.25) is 0 Å². The average molecular weight is 455 g/mol. The van der Waals surface area contributed by atoms with Gasteiger partial charge in [-0.1, -0.05) is 0 Å². The van der Waals surface area contributed by atoms with Gasteiger partial charge in [-0.15, -0.1) is 45.3 Å². The lowest BCUT2D eigenvalue weighted by Gasteiger charge is -1.93. The van der Waals surface area contributed by atoms with E-state index in [-0.39, 0.29) is 11.1 Å². The van der Waals surface area contributed by atoms with E-state index in [4.69, 9.17) is 21.0 Å². The lowest BCUT2D eigenvalue weighted by molar-refractivity contribution is 1.47. The van der Waals surface area contributed by atoms with Crippen LogP contribution in [0.3, 0.4) is 0 Å². The maximum atomic E-state index is 8.98. The third kappa shape index (κ3) is 2.88. The molecule has 0 amide bonds. The maximum Gasteiger partial charge on any atom is 0.131 e. The van der Waals surface area contributed by atoms with E-state index < -0.39 is 0 Å². The Labute approximate surface area is 186 Å². The van der Waals surface area contributed by atoms with Crippen LogP contribution in [0, 0.1) is 45.3 Å². The van der Waals surface area contributed by atoms with Gasteiger partial charge in [0.1, 0.15) is 35.4 Å². The van der Waals surface area contributed by atoms with Crippen molar-refractivity contribution in [2.75, 3.05) is 0 Å². The summed E-state index contributed by atoms with van der Waals surface area (Å²) in [7, 11) is 0. The normalized spacial score (nSPS) is 10.5. The van der Waals surface area contributed by atoms with Crippen molar-refractivity contribution >= 4 is 96.5 Å². The minimum atomic E-state index is 0.106. The molecule has 0 N–H and O–H groups in total. The van der Waals surface area contributed by atoms with E-state index in [0.29, 0.717) is 0 Å². The highest BCUT2D eigenvalue weighted by atomic mass is 32.1. The van der Waals surface area contributed by atoms with Crippen molar-refractivity contribution < 1.29 is 0 Å². The van der Waals surface area contributed by atoms with E-state index in [1.807, 2.05) is 36.4 Å². The molecule has 4 aromatic heterocycles. The molecule has 0 aliphatic carbocycles. The fourth-order valence-corrected chi connectivity index (χ4v) is 8.22. The zero-order valence-corrected chi connectivity index (χ0v) is 18.2. The number of allylic oxidation sites excluding steroid dienone is 2. The molecule has 5 aromatic rings. The van der Waals surface area contributed by atoms with E-state index in [0.717, 1.165) is 19.2 Å². The third-order valence-corrected chi connectivity index (χ3v) is 9.19. The SMILES string of the molecule is N#CC(C#N)=Cc1cc2sc3cc4c(cc3c2s1)sc1cc(C=C(C#N)C#N)sc14. The van der Waals surface area contributed by atoms with E-state index in [1.165, 1.54) is 29.6 Å². The number of benzene rings is 1. The van der Waals surface area contributed by atoms with Crippen LogP contribution in [-0.2, 0) is 0 Å². The van der Waals surface area contributed by atoms with Crippen molar-refractivity contribution in [3.8, 4) is 24.3 Å². The first-order valence-electron chi connectivity index (χ1n) is 8.49. The summed E-state index contributed by atoms with van der Waals surface area (Å²) in [6.45, 7) is 0. The monoisotopic (exact) mass is 454 g/mol. The summed E-state index contributed by atoms with van der Waals surface area (Å²) in [5, 5.41) is 38.3. The molecule has 0 spiro atoms.